The van der Waals surface area contributed by atoms with Crippen LogP contribution in [0.3, 0.4) is 0 Å². The Balaban J connectivity index is 1.71. The van der Waals surface area contributed by atoms with Crippen molar-refractivity contribution in [1.82, 2.24) is 14.7 Å². The summed E-state index contributed by atoms with van der Waals surface area (Å²) < 4.78 is 2.89. The van der Waals surface area contributed by atoms with E-state index in [0.29, 0.717) is 24.3 Å². The van der Waals surface area contributed by atoms with E-state index in [1.807, 2.05) is 11.7 Å². The summed E-state index contributed by atoms with van der Waals surface area (Å²) in [5, 5.41) is 4.49. The summed E-state index contributed by atoms with van der Waals surface area (Å²) in [5.41, 5.74) is 2.08. The first-order valence-electron chi connectivity index (χ1n) is 7.96. The Bertz CT molecular complexity index is 540. The normalized spacial score (nSPS) is 29.0. The van der Waals surface area contributed by atoms with Gasteiger partial charge in [-0.15, -0.1) is 0 Å². The molecule has 2 saturated heterocycles. The number of ketones is 1. The standard InChI is InChI=1S/C16H24BrN3O/c1-4-13-16(17)14(20(3)18-13)9-15(21)10-7-11-5-6-12(8-10)19(11)2/h10-12H,4-9H2,1-3H3. The van der Waals surface area contributed by atoms with Crippen molar-refractivity contribution >= 4 is 21.7 Å². The highest BCUT2D eigenvalue weighted by atomic mass is 79.9. The molecule has 1 aromatic heterocycles. The molecule has 2 fully saturated rings. The maximum atomic E-state index is 12.7. The van der Waals surface area contributed by atoms with Crippen LogP contribution < -0.4 is 0 Å². The summed E-state index contributed by atoms with van der Waals surface area (Å²) in [6, 6.07) is 1.25. The zero-order valence-electron chi connectivity index (χ0n) is 13.1. The third kappa shape index (κ3) is 2.70. The van der Waals surface area contributed by atoms with E-state index in [0.717, 1.165) is 35.1 Å². The molecule has 2 aliphatic heterocycles. The lowest BCUT2D eigenvalue weighted by Gasteiger charge is -2.35. The van der Waals surface area contributed by atoms with Crippen molar-refractivity contribution in [2.75, 3.05) is 7.05 Å². The minimum absolute atomic E-state index is 0.241. The van der Waals surface area contributed by atoms with Gasteiger partial charge in [0.05, 0.1) is 15.9 Å². The molecule has 0 aliphatic carbocycles. The number of hydrogen-bond donors (Lipinski definition) is 0. The predicted molar refractivity (Wildman–Crippen MR) is 86.3 cm³/mol. The third-order valence-corrected chi connectivity index (χ3v) is 6.31. The molecule has 116 valence electrons. The molecule has 5 heteroatoms. The fourth-order valence-electron chi connectivity index (χ4n) is 4.00. The molecule has 0 saturated carbocycles. The molecule has 0 spiro atoms. The molecule has 4 nitrogen and oxygen atoms in total. The lowest BCUT2D eigenvalue weighted by molar-refractivity contribution is -0.124. The van der Waals surface area contributed by atoms with Crippen LogP contribution in [-0.2, 0) is 24.7 Å². The molecule has 2 unspecified atom stereocenters. The van der Waals surface area contributed by atoms with Gasteiger partial charge in [-0.2, -0.15) is 5.10 Å². The maximum Gasteiger partial charge on any atom is 0.142 e. The van der Waals surface area contributed by atoms with Crippen LogP contribution in [0, 0.1) is 5.92 Å². The van der Waals surface area contributed by atoms with E-state index >= 15 is 0 Å². The molecular weight excluding hydrogens is 330 g/mol. The van der Waals surface area contributed by atoms with Gasteiger partial charge in [-0.3, -0.25) is 9.48 Å². The number of halogens is 1. The van der Waals surface area contributed by atoms with Crippen LogP contribution in [0.2, 0.25) is 0 Å². The summed E-state index contributed by atoms with van der Waals surface area (Å²) in [7, 11) is 4.15. The van der Waals surface area contributed by atoms with Crippen molar-refractivity contribution in [3.63, 3.8) is 0 Å². The molecule has 1 aromatic rings. The van der Waals surface area contributed by atoms with Crippen molar-refractivity contribution in [3.05, 3.63) is 15.9 Å². The number of aryl methyl sites for hydroxylation is 2. The number of aromatic nitrogens is 2. The number of carbonyl (C=O) groups is 1. The van der Waals surface area contributed by atoms with Crippen LogP contribution >= 0.6 is 15.9 Å². The summed E-state index contributed by atoms with van der Waals surface area (Å²) >= 11 is 3.62. The second kappa shape index (κ2) is 5.84. The number of nitrogens with zero attached hydrogens (tertiary/aromatic N) is 3. The smallest absolute Gasteiger partial charge is 0.142 e. The minimum Gasteiger partial charge on any atom is -0.300 e. The van der Waals surface area contributed by atoms with Crippen LogP contribution in [0.25, 0.3) is 0 Å². The van der Waals surface area contributed by atoms with Gasteiger partial charge in [-0.25, -0.2) is 0 Å². The average molecular weight is 354 g/mol. The van der Waals surface area contributed by atoms with Crippen LogP contribution in [0.15, 0.2) is 4.47 Å². The highest BCUT2D eigenvalue weighted by Crippen LogP contribution is 2.38. The molecule has 0 radical (unpaired) electrons. The maximum absolute atomic E-state index is 12.7. The monoisotopic (exact) mass is 353 g/mol. The van der Waals surface area contributed by atoms with Crippen LogP contribution in [0.4, 0.5) is 0 Å². The molecule has 21 heavy (non-hydrogen) atoms. The zero-order chi connectivity index (χ0) is 15.1. The van der Waals surface area contributed by atoms with E-state index < -0.39 is 0 Å². The van der Waals surface area contributed by atoms with Gasteiger partial charge in [0.15, 0.2) is 0 Å². The molecule has 3 heterocycles. The Hall–Kier alpha value is -0.680. The van der Waals surface area contributed by atoms with Gasteiger partial charge in [0.1, 0.15) is 5.78 Å². The number of rotatable bonds is 4. The molecule has 3 rings (SSSR count). The summed E-state index contributed by atoms with van der Waals surface area (Å²) in [5.74, 6) is 0.636. The SMILES string of the molecule is CCc1nn(C)c(CC(=O)C2CC3CCC(C2)N3C)c1Br. The van der Waals surface area contributed by atoms with Crippen LogP contribution in [-0.4, -0.2) is 39.6 Å². The van der Waals surface area contributed by atoms with Gasteiger partial charge >= 0.3 is 0 Å². The lowest BCUT2D eigenvalue weighted by atomic mass is 9.86. The van der Waals surface area contributed by atoms with E-state index in [2.05, 4.69) is 39.9 Å². The molecule has 0 N–H and O–H groups in total. The molecular formula is C16H24BrN3O. The summed E-state index contributed by atoms with van der Waals surface area (Å²) in [6.45, 7) is 2.09. The minimum atomic E-state index is 0.241. The topological polar surface area (TPSA) is 38.1 Å². The number of hydrogen-bond acceptors (Lipinski definition) is 3. The molecule has 2 atom stereocenters. The first kappa shape index (κ1) is 15.2. The summed E-state index contributed by atoms with van der Waals surface area (Å²) in [6.07, 6.45) is 6.02. The van der Waals surface area contributed by atoms with E-state index in [9.17, 15) is 4.79 Å². The molecule has 2 bridgehead atoms. The number of fused-ring (bicyclic) bond motifs is 2. The van der Waals surface area contributed by atoms with Crippen molar-refractivity contribution in [2.45, 2.75) is 57.5 Å². The third-order valence-electron chi connectivity index (χ3n) is 5.40. The van der Waals surface area contributed by atoms with Gasteiger partial charge < -0.3 is 4.90 Å². The quantitative estimate of drug-likeness (QED) is 0.835. The lowest BCUT2D eigenvalue weighted by Crippen LogP contribution is -2.42. The second-order valence-electron chi connectivity index (χ2n) is 6.55. The van der Waals surface area contributed by atoms with Crippen molar-refractivity contribution < 1.29 is 4.79 Å². The Kier molecular flexibility index (Phi) is 4.23. The van der Waals surface area contributed by atoms with Gasteiger partial charge in [0.25, 0.3) is 0 Å². The number of piperidine rings is 1. The largest absolute Gasteiger partial charge is 0.300 e. The number of carbonyl (C=O) groups excluding carboxylic acids is 1. The van der Waals surface area contributed by atoms with Gasteiger partial charge in [-0.05, 0) is 55.1 Å². The van der Waals surface area contributed by atoms with E-state index in [1.54, 1.807) is 0 Å². The summed E-state index contributed by atoms with van der Waals surface area (Å²) in [4.78, 5) is 15.2. The Morgan fingerprint density at radius 1 is 1.29 bits per heavy atom. The number of Topliss-reactive ketones (excluding diaryl/α,β-unsaturated/α-hetero) is 1. The Morgan fingerprint density at radius 3 is 2.43 bits per heavy atom. The van der Waals surface area contributed by atoms with Crippen molar-refractivity contribution in [3.8, 4) is 0 Å². The first-order valence-corrected chi connectivity index (χ1v) is 8.75. The first-order chi connectivity index (χ1) is 10.0. The van der Waals surface area contributed by atoms with Gasteiger partial charge in [-0.1, -0.05) is 6.92 Å². The highest BCUT2D eigenvalue weighted by Gasteiger charge is 2.40. The van der Waals surface area contributed by atoms with E-state index in [-0.39, 0.29) is 5.92 Å². The van der Waals surface area contributed by atoms with Crippen LogP contribution in [0.1, 0.15) is 44.0 Å². The molecule has 2 aliphatic rings. The van der Waals surface area contributed by atoms with Crippen molar-refractivity contribution in [2.24, 2.45) is 13.0 Å². The van der Waals surface area contributed by atoms with Gasteiger partial charge in [0.2, 0.25) is 0 Å². The average Bonchev–Trinajstić information content (AvgIpc) is 2.84. The van der Waals surface area contributed by atoms with E-state index in [1.165, 1.54) is 12.8 Å². The van der Waals surface area contributed by atoms with Crippen molar-refractivity contribution in [1.29, 1.82) is 0 Å². The molecule has 0 aromatic carbocycles. The predicted octanol–water partition coefficient (Wildman–Crippen LogP) is 2.73. The van der Waals surface area contributed by atoms with Crippen LogP contribution in [0.5, 0.6) is 0 Å². The Morgan fingerprint density at radius 2 is 1.90 bits per heavy atom. The second-order valence-corrected chi connectivity index (χ2v) is 7.34. The fourth-order valence-corrected chi connectivity index (χ4v) is 4.75. The fraction of sp³-hybridized carbons (Fsp3) is 0.750. The zero-order valence-corrected chi connectivity index (χ0v) is 14.7. The van der Waals surface area contributed by atoms with Gasteiger partial charge in [0, 0.05) is 31.5 Å². The molecule has 0 amide bonds. The highest BCUT2D eigenvalue weighted by molar-refractivity contribution is 9.10. The Labute approximate surface area is 135 Å². The van der Waals surface area contributed by atoms with E-state index in [4.69, 9.17) is 0 Å².